The van der Waals surface area contributed by atoms with E-state index in [1.54, 1.807) is 4.31 Å². The number of rotatable bonds is 5. The molecule has 0 radical (unpaired) electrons. The zero-order valence-corrected chi connectivity index (χ0v) is 15.9. The van der Waals surface area contributed by atoms with Crippen LogP contribution in [-0.2, 0) is 22.9 Å². The second-order valence-electron chi connectivity index (χ2n) is 7.24. The third kappa shape index (κ3) is 3.70. The van der Waals surface area contributed by atoms with E-state index < -0.39 is 10.0 Å². The number of benzene rings is 2. The molecule has 1 saturated heterocycles. The largest absolute Gasteiger partial charge is 0.294 e. The summed E-state index contributed by atoms with van der Waals surface area (Å²) in [5.74, 6) is 0.198. The number of nitrogens with zero attached hydrogens (tertiary/aromatic N) is 2. The second-order valence-corrected chi connectivity index (χ2v) is 9.33. The Morgan fingerprint density at radius 2 is 1.58 bits per heavy atom. The van der Waals surface area contributed by atoms with E-state index in [4.69, 9.17) is 0 Å². The lowest BCUT2D eigenvalue weighted by Gasteiger charge is -2.37. The zero-order valence-electron chi connectivity index (χ0n) is 15.0. The summed E-state index contributed by atoms with van der Waals surface area (Å²) in [6.07, 6.45) is 2.87. The van der Waals surface area contributed by atoms with Gasteiger partial charge in [0.1, 0.15) is 0 Å². The number of hydrogen-bond acceptors (Lipinski definition) is 3. The fourth-order valence-electron chi connectivity index (χ4n) is 4.23. The van der Waals surface area contributed by atoms with Gasteiger partial charge >= 0.3 is 0 Å². The fraction of sp³-hybridized carbons (Fsp3) is 0.429. The van der Waals surface area contributed by atoms with Crippen LogP contribution in [-0.4, -0.2) is 49.6 Å². The van der Waals surface area contributed by atoms with Crippen molar-refractivity contribution in [1.29, 1.82) is 0 Å². The van der Waals surface area contributed by atoms with Gasteiger partial charge in [0.15, 0.2) is 0 Å². The van der Waals surface area contributed by atoms with Gasteiger partial charge in [-0.1, -0.05) is 54.6 Å². The van der Waals surface area contributed by atoms with Gasteiger partial charge in [-0.3, -0.25) is 4.90 Å². The first kappa shape index (κ1) is 17.7. The highest BCUT2D eigenvalue weighted by Gasteiger charge is 2.33. The Bertz CT molecular complexity index is 843. The first-order valence-electron chi connectivity index (χ1n) is 9.47. The number of aryl methyl sites for hydroxylation is 2. The quantitative estimate of drug-likeness (QED) is 0.813. The minimum absolute atomic E-state index is 0.198. The van der Waals surface area contributed by atoms with Crippen molar-refractivity contribution in [2.24, 2.45) is 0 Å². The Hall–Kier alpha value is -1.69. The normalized spacial score (nSPS) is 21.6. The highest BCUT2D eigenvalue weighted by molar-refractivity contribution is 7.89. The maximum atomic E-state index is 12.7. The standard InChI is InChI=1S/C21H26N2O2S/c24-26(25,17-12-18-6-2-1-3-7-18)23-15-13-22(14-16-23)21-11-10-19-8-4-5-9-20(19)21/h1-9,21H,10-17H2. The lowest BCUT2D eigenvalue weighted by molar-refractivity contribution is 0.137. The molecule has 1 aliphatic heterocycles. The summed E-state index contributed by atoms with van der Waals surface area (Å²) < 4.78 is 27.1. The van der Waals surface area contributed by atoms with Crippen LogP contribution in [0.2, 0.25) is 0 Å². The molecule has 2 aliphatic rings. The van der Waals surface area contributed by atoms with Crippen LogP contribution in [0.4, 0.5) is 0 Å². The van der Waals surface area contributed by atoms with Gasteiger partial charge in [0.05, 0.1) is 5.75 Å². The molecule has 4 nitrogen and oxygen atoms in total. The predicted molar refractivity (Wildman–Crippen MR) is 105 cm³/mol. The fourth-order valence-corrected chi connectivity index (χ4v) is 5.70. The van der Waals surface area contributed by atoms with Crippen molar-refractivity contribution in [2.45, 2.75) is 25.3 Å². The lowest BCUT2D eigenvalue weighted by atomic mass is 10.1. The van der Waals surface area contributed by atoms with Crippen LogP contribution >= 0.6 is 0 Å². The maximum absolute atomic E-state index is 12.7. The molecular formula is C21H26N2O2S. The maximum Gasteiger partial charge on any atom is 0.214 e. The molecule has 0 amide bonds. The third-order valence-electron chi connectivity index (χ3n) is 5.70. The molecule has 5 heteroatoms. The van der Waals surface area contributed by atoms with Crippen LogP contribution in [0.5, 0.6) is 0 Å². The molecule has 0 spiro atoms. The molecule has 1 heterocycles. The first-order valence-corrected chi connectivity index (χ1v) is 11.1. The number of hydrogen-bond donors (Lipinski definition) is 0. The molecule has 1 unspecified atom stereocenters. The molecule has 2 aromatic rings. The number of sulfonamides is 1. The zero-order chi connectivity index (χ0) is 18.0. The van der Waals surface area contributed by atoms with Crippen LogP contribution in [0.1, 0.15) is 29.2 Å². The molecule has 0 saturated carbocycles. The van der Waals surface area contributed by atoms with E-state index in [1.807, 2.05) is 30.3 Å². The van der Waals surface area contributed by atoms with Gasteiger partial charge in [-0.05, 0) is 36.0 Å². The summed E-state index contributed by atoms with van der Waals surface area (Å²) in [5, 5.41) is 0. The van der Waals surface area contributed by atoms with Gasteiger partial charge in [-0.15, -0.1) is 0 Å². The van der Waals surface area contributed by atoms with Crippen molar-refractivity contribution in [3.05, 3.63) is 71.3 Å². The van der Waals surface area contributed by atoms with Gasteiger partial charge in [-0.2, -0.15) is 4.31 Å². The summed E-state index contributed by atoms with van der Waals surface area (Å²) in [6, 6.07) is 19.0. The van der Waals surface area contributed by atoms with Gasteiger partial charge in [0.2, 0.25) is 10.0 Å². The molecule has 138 valence electrons. The Kier molecular flexibility index (Phi) is 5.11. The molecular weight excluding hydrogens is 344 g/mol. The molecule has 26 heavy (non-hydrogen) atoms. The lowest BCUT2D eigenvalue weighted by Crippen LogP contribution is -2.50. The summed E-state index contributed by atoms with van der Waals surface area (Å²) in [7, 11) is -3.18. The summed E-state index contributed by atoms with van der Waals surface area (Å²) in [4.78, 5) is 2.47. The topological polar surface area (TPSA) is 40.6 Å². The Morgan fingerprint density at radius 1 is 0.885 bits per heavy atom. The van der Waals surface area contributed by atoms with Gasteiger partial charge in [-0.25, -0.2) is 8.42 Å². The molecule has 4 rings (SSSR count). The smallest absolute Gasteiger partial charge is 0.214 e. The van der Waals surface area contributed by atoms with Crippen molar-refractivity contribution in [3.8, 4) is 0 Å². The molecule has 1 fully saturated rings. The van der Waals surface area contributed by atoms with E-state index in [1.165, 1.54) is 11.1 Å². The summed E-state index contributed by atoms with van der Waals surface area (Å²) in [5.41, 5.74) is 3.97. The highest BCUT2D eigenvalue weighted by Crippen LogP contribution is 2.36. The monoisotopic (exact) mass is 370 g/mol. The second kappa shape index (κ2) is 7.51. The van der Waals surface area contributed by atoms with E-state index in [9.17, 15) is 8.42 Å². The van der Waals surface area contributed by atoms with Crippen LogP contribution in [0.25, 0.3) is 0 Å². The molecule has 0 bridgehead atoms. The van der Waals surface area contributed by atoms with Crippen LogP contribution < -0.4 is 0 Å². The average Bonchev–Trinajstić information content (AvgIpc) is 3.12. The molecule has 1 aliphatic carbocycles. The Balaban J connectivity index is 1.35. The molecule has 2 aromatic carbocycles. The van der Waals surface area contributed by atoms with Crippen LogP contribution in [0.3, 0.4) is 0 Å². The van der Waals surface area contributed by atoms with E-state index in [0.29, 0.717) is 25.6 Å². The van der Waals surface area contributed by atoms with E-state index in [2.05, 4.69) is 29.2 Å². The minimum Gasteiger partial charge on any atom is -0.294 e. The highest BCUT2D eigenvalue weighted by atomic mass is 32.2. The van der Waals surface area contributed by atoms with Crippen molar-refractivity contribution in [2.75, 3.05) is 31.9 Å². The van der Waals surface area contributed by atoms with Crippen molar-refractivity contribution in [1.82, 2.24) is 9.21 Å². The average molecular weight is 371 g/mol. The number of piperazine rings is 1. The predicted octanol–water partition coefficient (Wildman–Crippen LogP) is 2.86. The van der Waals surface area contributed by atoms with Crippen LogP contribution in [0.15, 0.2) is 54.6 Å². The minimum atomic E-state index is -3.18. The Labute approximate surface area is 156 Å². The molecule has 0 N–H and O–H groups in total. The van der Waals surface area contributed by atoms with Gasteiger partial charge < -0.3 is 0 Å². The molecule has 1 atom stereocenters. The van der Waals surface area contributed by atoms with E-state index >= 15 is 0 Å². The summed E-state index contributed by atoms with van der Waals surface area (Å²) in [6.45, 7) is 2.86. The van der Waals surface area contributed by atoms with Gasteiger partial charge in [0.25, 0.3) is 0 Å². The number of fused-ring (bicyclic) bond motifs is 1. The molecule has 0 aromatic heterocycles. The SMILES string of the molecule is O=S(=O)(CCc1ccccc1)N1CCN(C2CCc3ccccc32)CC1. The summed E-state index contributed by atoms with van der Waals surface area (Å²) >= 11 is 0. The van der Waals surface area contributed by atoms with Crippen molar-refractivity contribution >= 4 is 10.0 Å². The first-order chi connectivity index (χ1) is 12.6. The van der Waals surface area contributed by atoms with E-state index in [0.717, 1.165) is 31.5 Å². The third-order valence-corrected chi connectivity index (χ3v) is 7.57. The van der Waals surface area contributed by atoms with Crippen LogP contribution in [0, 0.1) is 0 Å². The van der Waals surface area contributed by atoms with E-state index in [-0.39, 0.29) is 5.75 Å². The van der Waals surface area contributed by atoms with Gasteiger partial charge in [0, 0.05) is 32.2 Å². The van der Waals surface area contributed by atoms with Crippen molar-refractivity contribution in [3.63, 3.8) is 0 Å². The van der Waals surface area contributed by atoms with Crippen molar-refractivity contribution < 1.29 is 8.42 Å². The Morgan fingerprint density at radius 3 is 2.35 bits per heavy atom.